The molecular weight excluding hydrogens is 631 g/mol. The number of nitrogens with zero attached hydrogens (tertiary/aromatic N) is 3. The van der Waals surface area contributed by atoms with Crippen molar-refractivity contribution in [2.45, 2.75) is 0 Å². The average Bonchev–Trinajstić information content (AvgIpc) is 3.23. The minimum absolute atomic E-state index is 0.640. The second-order valence-electron chi connectivity index (χ2n) is 13.2. The second-order valence-corrected chi connectivity index (χ2v) is 13.2. The fraction of sp³-hybridized carbons (Fsp3) is 0. The molecule has 0 saturated heterocycles. The van der Waals surface area contributed by atoms with Gasteiger partial charge in [0.1, 0.15) is 0 Å². The SMILES string of the molecule is c1ccc(-c2ccc3cc(-c4nc(-c5ccc(-c6cccc7ccccc67)cc5)nc(-c5cccc6ccc7ccccc7c56)n4)ccc3c2)cc1. The number of benzene rings is 9. The van der Waals surface area contributed by atoms with Crippen LogP contribution in [-0.4, -0.2) is 15.0 Å². The number of aromatic nitrogens is 3. The van der Waals surface area contributed by atoms with Crippen molar-refractivity contribution in [2.24, 2.45) is 0 Å². The van der Waals surface area contributed by atoms with Crippen LogP contribution in [-0.2, 0) is 0 Å². The van der Waals surface area contributed by atoms with Crippen molar-refractivity contribution in [2.75, 3.05) is 0 Å². The first-order valence-electron chi connectivity index (χ1n) is 17.6. The summed E-state index contributed by atoms with van der Waals surface area (Å²) in [5.41, 5.74) is 7.63. The van der Waals surface area contributed by atoms with E-state index in [1.165, 1.54) is 43.6 Å². The molecule has 0 atom stereocenters. The predicted molar refractivity (Wildman–Crippen MR) is 217 cm³/mol. The van der Waals surface area contributed by atoms with Crippen LogP contribution in [0.2, 0.25) is 0 Å². The molecule has 0 unspecified atom stereocenters. The van der Waals surface area contributed by atoms with Crippen LogP contribution in [0.5, 0.6) is 0 Å². The molecule has 0 aliphatic carbocycles. The van der Waals surface area contributed by atoms with E-state index in [4.69, 9.17) is 15.0 Å². The van der Waals surface area contributed by atoms with Gasteiger partial charge in [-0.05, 0) is 72.1 Å². The molecule has 1 heterocycles. The molecule has 10 aromatic rings. The van der Waals surface area contributed by atoms with Crippen molar-refractivity contribution < 1.29 is 0 Å². The van der Waals surface area contributed by atoms with E-state index in [9.17, 15) is 0 Å². The van der Waals surface area contributed by atoms with Gasteiger partial charge in [-0.2, -0.15) is 0 Å². The van der Waals surface area contributed by atoms with E-state index in [1.54, 1.807) is 0 Å². The van der Waals surface area contributed by atoms with Gasteiger partial charge in [0.25, 0.3) is 0 Å². The fourth-order valence-corrected chi connectivity index (χ4v) is 7.47. The van der Waals surface area contributed by atoms with Gasteiger partial charge < -0.3 is 0 Å². The van der Waals surface area contributed by atoms with Crippen LogP contribution < -0.4 is 0 Å². The minimum atomic E-state index is 0.640. The van der Waals surface area contributed by atoms with Gasteiger partial charge in [-0.1, -0.05) is 176 Å². The molecule has 0 amide bonds. The summed E-state index contributed by atoms with van der Waals surface area (Å²) >= 11 is 0. The van der Waals surface area contributed by atoms with Crippen molar-refractivity contribution >= 4 is 43.1 Å². The van der Waals surface area contributed by atoms with Gasteiger partial charge in [0, 0.05) is 22.1 Å². The molecule has 9 aromatic carbocycles. The zero-order valence-corrected chi connectivity index (χ0v) is 28.2. The lowest BCUT2D eigenvalue weighted by Gasteiger charge is -2.13. The Labute approximate surface area is 301 Å². The smallest absolute Gasteiger partial charge is 0.164 e. The monoisotopic (exact) mass is 661 g/mol. The van der Waals surface area contributed by atoms with E-state index in [1.807, 2.05) is 6.07 Å². The van der Waals surface area contributed by atoms with Gasteiger partial charge in [0.05, 0.1) is 0 Å². The van der Waals surface area contributed by atoms with E-state index in [2.05, 4.69) is 182 Å². The van der Waals surface area contributed by atoms with Gasteiger partial charge in [-0.3, -0.25) is 0 Å². The molecule has 0 bridgehead atoms. The topological polar surface area (TPSA) is 38.7 Å². The van der Waals surface area contributed by atoms with E-state index < -0.39 is 0 Å². The lowest BCUT2D eigenvalue weighted by molar-refractivity contribution is 1.08. The van der Waals surface area contributed by atoms with Crippen LogP contribution in [0.25, 0.3) is 99.5 Å². The summed E-state index contributed by atoms with van der Waals surface area (Å²) in [5.74, 6) is 1.94. The summed E-state index contributed by atoms with van der Waals surface area (Å²) in [6.45, 7) is 0. The lowest BCUT2D eigenvalue weighted by Crippen LogP contribution is -2.01. The van der Waals surface area contributed by atoms with Crippen LogP contribution in [0, 0.1) is 0 Å². The summed E-state index contributed by atoms with van der Waals surface area (Å²) in [6, 6.07) is 66.5. The maximum atomic E-state index is 5.21. The highest BCUT2D eigenvalue weighted by Crippen LogP contribution is 2.36. The quantitative estimate of drug-likeness (QED) is 0.172. The van der Waals surface area contributed by atoms with Gasteiger partial charge in [0.15, 0.2) is 17.5 Å². The zero-order valence-electron chi connectivity index (χ0n) is 28.2. The van der Waals surface area contributed by atoms with Crippen molar-refractivity contribution in [3.63, 3.8) is 0 Å². The highest BCUT2D eigenvalue weighted by atomic mass is 15.0. The van der Waals surface area contributed by atoms with Crippen molar-refractivity contribution in [1.29, 1.82) is 0 Å². The van der Waals surface area contributed by atoms with Crippen LogP contribution in [0.4, 0.5) is 0 Å². The Hall–Kier alpha value is -6.97. The number of hydrogen-bond acceptors (Lipinski definition) is 3. The molecule has 0 aliphatic heterocycles. The summed E-state index contributed by atoms with van der Waals surface area (Å²) in [4.78, 5) is 15.5. The van der Waals surface area contributed by atoms with Gasteiger partial charge in [-0.25, -0.2) is 15.0 Å². The maximum Gasteiger partial charge on any atom is 0.164 e. The predicted octanol–water partition coefficient (Wildman–Crippen LogP) is 12.8. The molecule has 3 nitrogen and oxygen atoms in total. The molecule has 0 fully saturated rings. The van der Waals surface area contributed by atoms with Gasteiger partial charge in [0.2, 0.25) is 0 Å². The molecule has 52 heavy (non-hydrogen) atoms. The third-order valence-electron chi connectivity index (χ3n) is 10.1. The first kappa shape index (κ1) is 29.9. The first-order valence-corrected chi connectivity index (χ1v) is 17.6. The average molecular weight is 662 g/mol. The Kier molecular flexibility index (Phi) is 7.14. The van der Waals surface area contributed by atoms with E-state index >= 15 is 0 Å². The number of fused-ring (bicyclic) bond motifs is 5. The molecular formula is C49H31N3. The Morgan fingerprint density at radius 3 is 1.54 bits per heavy atom. The lowest BCUT2D eigenvalue weighted by atomic mass is 9.97. The van der Waals surface area contributed by atoms with Crippen molar-refractivity contribution in [3.8, 4) is 56.4 Å². The van der Waals surface area contributed by atoms with Crippen LogP contribution in [0.3, 0.4) is 0 Å². The Morgan fingerprint density at radius 1 is 0.250 bits per heavy atom. The summed E-state index contributed by atoms with van der Waals surface area (Å²) in [7, 11) is 0. The molecule has 1 aromatic heterocycles. The van der Waals surface area contributed by atoms with Crippen molar-refractivity contribution in [3.05, 3.63) is 188 Å². The van der Waals surface area contributed by atoms with Crippen LogP contribution in [0.15, 0.2) is 188 Å². The highest BCUT2D eigenvalue weighted by molar-refractivity contribution is 6.13. The minimum Gasteiger partial charge on any atom is -0.208 e. The number of hydrogen-bond donors (Lipinski definition) is 0. The Bertz CT molecular complexity index is 2940. The standard InChI is InChI=1S/C49H31N3/c1-2-10-32(11-3-1)38-26-27-40-31-41(29-28-39(40)30-38)48-50-47(37-24-21-35(22-25-37)43-18-8-14-33-12-4-6-16-42(33)43)51-49(52-48)45-19-9-15-36-23-20-34-13-5-7-17-44(34)46(36)45/h1-31H. The van der Waals surface area contributed by atoms with E-state index in [0.717, 1.165) is 38.4 Å². The molecule has 242 valence electrons. The molecule has 3 heteroatoms. The third-order valence-corrected chi connectivity index (χ3v) is 10.1. The van der Waals surface area contributed by atoms with Gasteiger partial charge in [-0.15, -0.1) is 0 Å². The summed E-state index contributed by atoms with van der Waals surface area (Å²) in [6.07, 6.45) is 0. The third kappa shape index (κ3) is 5.28. The second kappa shape index (κ2) is 12.4. The Balaban J connectivity index is 1.14. The van der Waals surface area contributed by atoms with Crippen LogP contribution >= 0.6 is 0 Å². The summed E-state index contributed by atoms with van der Waals surface area (Å²) in [5, 5.41) is 9.42. The fourth-order valence-electron chi connectivity index (χ4n) is 7.47. The molecule has 10 rings (SSSR count). The summed E-state index contributed by atoms with van der Waals surface area (Å²) < 4.78 is 0. The molecule has 0 N–H and O–H groups in total. The Morgan fingerprint density at radius 2 is 0.750 bits per heavy atom. The van der Waals surface area contributed by atoms with Gasteiger partial charge >= 0.3 is 0 Å². The van der Waals surface area contributed by atoms with Crippen LogP contribution in [0.1, 0.15) is 0 Å². The first-order chi connectivity index (χ1) is 25.7. The largest absolute Gasteiger partial charge is 0.208 e. The van der Waals surface area contributed by atoms with E-state index in [-0.39, 0.29) is 0 Å². The zero-order chi connectivity index (χ0) is 34.4. The molecule has 0 saturated carbocycles. The van der Waals surface area contributed by atoms with E-state index in [0.29, 0.717) is 17.5 Å². The normalized spacial score (nSPS) is 11.5. The maximum absolute atomic E-state index is 5.21. The number of rotatable bonds is 5. The molecule has 0 radical (unpaired) electrons. The molecule has 0 spiro atoms. The van der Waals surface area contributed by atoms with Crippen molar-refractivity contribution in [1.82, 2.24) is 15.0 Å². The molecule has 0 aliphatic rings. The highest BCUT2D eigenvalue weighted by Gasteiger charge is 2.16.